The number of hydrogen-bond donors (Lipinski definition) is 1. The Hall–Kier alpha value is -1.20. The van der Waals surface area contributed by atoms with E-state index in [1.807, 2.05) is 0 Å². The van der Waals surface area contributed by atoms with Crippen LogP contribution in [0.15, 0.2) is 12.4 Å². The summed E-state index contributed by atoms with van der Waals surface area (Å²) in [5, 5.41) is 0. The van der Waals surface area contributed by atoms with E-state index in [9.17, 15) is 0 Å². The smallest absolute Gasteiger partial charge is 0.141 e. The Bertz CT molecular complexity index is 355. The van der Waals surface area contributed by atoms with Crippen molar-refractivity contribution in [2.75, 3.05) is 25.4 Å². The van der Waals surface area contributed by atoms with E-state index >= 15 is 0 Å². The highest BCUT2D eigenvalue weighted by atomic mass is 16.5. The van der Waals surface area contributed by atoms with Gasteiger partial charge >= 0.3 is 0 Å². The maximum absolute atomic E-state index is 5.82. The van der Waals surface area contributed by atoms with Crippen molar-refractivity contribution >= 4 is 5.82 Å². The highest BCUT2D eigenvalue weighted by Crippen LogP contribution is 2.15. The first kappa shape index (κ1) is 13.2. The van der Waals surface area contributed by atoms with Crippen molar-refractivity contribution in [3.63, 3.8) is 0 Å². The molecule has 0 radical (unpaired) electrons. The second kappa shape index (κ2) is 6.66. The molecule has 0 spiro atoms. The van der Waals surface area contributed by atoms with Crippen molar-refractivity contribution in [1.82, 2.24) is 14.9 Å². The first-order valence-corrected chi connectivity index (χ1v) is 6.68. The average molecular weight is 250 g/mol. The van der Waals surface area contributed by atoms with Crippen LogP contribution in [-0.4, -0.2) is 40.7 Å². The molecule has 2 N–H and O–H groups in total. The molecule has 1 aliphatic rings. The van der Waals surface area contributed by atoms with E-state index in [0.29, 0.717) is 11.9 Å². The summed E-state index contributed by atoms with van der Waals surface area (Å²) in [6, 6.07) is 0. The lowest BCUT2D eigenvalue weighted by atomic mass is 10.1. The molecule has 1 aromatic rings. The number of nitrogens with zero attached hydrogens (tertiary/aromatic N) is 3. The predicted molar refractivity (Wildman–Crippen MR) is 71.0 cm³/mol. The van der Waals surface area contributed by atoms with Gasteiger partial charge in [0.05, 0.1) is 24.2 Å². The molecular formula is C13H22N4O. The summed E-state index contributed by atoms with van der Waals surface area (Å²) in [6.45, 7) is 5.94. The van der Waals surface area contributed by atoms with E-state index in [-0.39, 0.29) is 0 Å². The van der Waals surface area contributed by atoms with Gasteiger partial charge in [0.15, 0.2) is 0 Å². The number of ether oxygens (including phenoxy) is 1. The first-order valence-electron chi connectivity index (χ1n) is 6.68. The minimum Gasteiger partial charge on any atom is -0.382 e. The number of nitrogen functional groups attached to an aromatic ring is 1. The molecule has 5 nitrogen and oxygen atoms in total. The van der Waals surface area contributed by atoms with Crippen LogP contribution in [0.25, 0.3) is 0 Å². The maximum Gasteiger partial charge on any atom is 0.141 e. The van der Waals surface area contributed by atoms with E-state index in [1.54, 1.807) is 12.4 Å². The molecule has 1 atom stereocenters. The SMILES string of the molecule is CCCOC1CCCN(Cc2cnc(N)cn2)C1. The van der Waals surface area contributed by atoms with Crippen molar-refractivity contribution < 1.29 is 4.74 Å². The Labute approximate surface area is 108 Å². The zero-order chi connectivity index (χ0) is 12.8. The highest BCUT2D eigenvalue weighted by Gasteiger charge is 2.20. The summed E-state index contributed by atoms with van der Waals surface area (Å²) in [7, 11) is 0. The normalized spacial score (nSPS) is 21.1. The third kappa shape index (κ3) is 3.92. The van der Waals surface area contributed by atoms with E-state index in [0.717, 1.165) is 38.4 Å². The quantitative estimate of drug-likeness (QED) is 0.857. The van der Waals surface area contributed by atoms with Crippen LogP contribution >= 0.6 is 0 Å². The monoisotopic (exact) mass is 250 g/mol. The zero-order valence-corrected chi connectivity index (χ0v) is 11.0. The summed E-state index contributed by atoms with van der Waals surface area (Å²) >= 11 is 0. The molecule has 1 saturated heterocycles. The predicted octanol–water partition coefficient (Wildman–Crippen LogP) is 1.45. The lowest BCUT2D eigenvalue weighted by Crippen LogP contribution is -2.39. The van der Waals surface area contributed by atoms with Crippen LogP contribution < -0.4 is 5.73 Å². The molecule has 2 rings (SSSR count). The summed E-state index contributed by atoms with van der Waals surface area (Å²) in [5.74, 6) is 0.474. The van der Waals surface area contributed by atoms with Gasteiger partial charge in [-0.25, -0.2) is 4.98 Å². The molecule has 0 aliphatic carbocycles. The van der Waals surface area contributed by atoms with E-state index in [1.165, 1.54) is 12.8 Å². The third-order valence-electron chi connectivity index (χ3n) is 3.13. The molecule has 100 valence electrons. The fourth-order valence-corrected chi connectivity index (χ4v) is 2.25. The molecule has 5 heteroatoms. The fourth-order valence-electron chi connectivity index (χ4n) is 2.25. The molecule has 1 aliphatic heterocycles. The number of anilines is 1. The highest BCUT2D eigenvalue weighted by molar-refractivity contribution is 5.22. The molecule has 0 bridgehead atoms. The molecule has 0 saturated carbocycles. The van der Waals surface area contributed by atoms with Crippen LogP contribution in [0.3, 0.4) is 0 Å². The van der Waals surface area contributed by atoms with E-state index in [4.69, 9.17) is 10.5 Å². The van der Waals surface area contributed by atoms with E-state index < -0.39 is 0 Å². The Kier molecular flexibility index (Phi) is 4.90. The van der Waals surface area contributed by atoms with Crippen LogP contribution in [-0.2, 0) is 11.3 Å². The van der Waals surface area contributed by atoms with Gasteiger partial charge in [0.2, 0.25) is 0 Å². The number of piperidine rings is 1. The Morgan fingerprint density at radius 3 is 3.06 bits per heavy atom. The van der Waals surface area contributed by atoms with Gasteiger partial charge in [-0.3, -0.25) is 9.88 Å². The zero-order valence-electron chi connectivity index (χ0n) is 11.0. The molecule has 18 heavy (non-hydrogen) atoms. The van der Waals surface area contributed by atoms with Crippen LogP contribution in [0.4, 0.5) is 5.82 Å². The minimum absolute atomic E-state index is 0.375. The van der Waals surface area contributed by atoms with Crippen molar-refractivity contribution in [3.8, 4) is 0 Å². The van der Waals surface area contributed by atoms with E-state index in [2.05, 4.69) is 21.8 Å². The average Bonchev–Trinajstić information content (AvgIpc) is 2.40. The number of hydrogen-bond acceptors (Lipinski definition) is 5. The van der Waals surface area contributed by atoms with Crippen molar-refractivity contribution in [2.45, 2.75) is 38.8 Å². The van der Waals surface area contributed by atoms with Gasteiger partial charge in [-0.05, 0) is 25.8 Å². The van der Waals surface area contributed by atoms with Gasteiger partial charge in [0.1, 0.15) is 5.82 Å². The maximum atomic E-state index is 5.82. The van der Waals surface area contributed by atoms with Gasteiger partial charge in [0.25, 0.3) is 0 Å². The van der Waals surface area contributed by atoms with Crippen molar-refractivity contribution in [1.29, 1.82) is 0 Å². The van der Waals surface area contributed by atoms with Crippen molar-refractivity contribution in [2.24, 2.45) is 0 Å². The molecular weight excluding hydrogens is 228 g/mol. The number of aromatic nitrogens is 2. The van der Waals surface area contributed by atoms with Gasteiger partial charge in [-0.1, -0.05) is 6.92 Å². The fraction of sp³-hybridized carbons (Fsp3) is 0.692. The summed E-state index contributed by atoms with van der Waals surface area (Å²) in [6.07, 6.45) is 7.19. The molecule has 0 amide bonds. The number of likely N-dealkylation sites (tertiary alicyclic amines) is 1. The standard InChI is InChI=1S/C13H22N4O/c1-2-6-18-12-4-3-5-17(10-12)9-11-7-16-13(14)8-15-11/h7-8,12H,2-6,9-10H2,1H3,(H2,14,16). The number of rotatable bonds is 5. The van der Waals surface area contributed by atoms with Gasteiger partial charge in [0, 0.05) is 19.7 Å². The first-order chi connectivity index (χ1) is 8.78. The third-order valence-corrected chi connectivity index (χ3v) is 3.13. The second-order valence-corrected chi connectivity index (χ2v) is 4.80. The van der Waals surface area contributed by atoms with Crippen LogP contribution in [0.5, 0.6) is 0 Å². The summed E-state index contributed by atoms with van der Waals surface area (Å²) in [5.41, 5.74) is 6.50. The Morgan fingerprint density at radius 1 is 1.44 bits per heavy atom. The summed E-state index contributed by atoms with van der Waals surface area (Å²) in [4.78, 5) is 10.7. The Morgan fingerprint density at radius 2 is 2.33 bits per heavy atom. The summed E-state index contributed by atoms with van der Waals surface area (Å²) < 4.78 is 5.82. The van der Waals surface area contributed by atoms with Gasteiger partial charge in [-0.15, -0.1) is 0 Å². The Balaban J connectivity index is 1.83. The molecule has 0 aromatic carbocycles. The molecule has 1 aromatic heterocycles. The van der Waals surface area contributed by atoms with Crippen LogP contribution in [0.1, 0.15) is 31.9 Å². The van der Waals surface area contributed by atoms with Crippen molar-refractivity contribution in [3.05, 3.63) is 18.1 Å². The lowest BCUT2D eigenvalue weighted by Gasteiger charge is -2.32. The van der Waals surface area contributed by atoms with Gasteiger partial charge < -0.3 is 10.5 Å². The number of nitrogens with two attached hydrogens (primary N) is 1. The largest absolute Gasteiger partial charge is 0.382 e. The van der Waals surface area contributed by atoms with Crippen LogP contribution in [0, 0.1) is 0 Å². The lowest BCUT2D eigenvalue weighted by molar-refractivity contribution is -0.00254. The van der Waals surface area contributed by atoms with Crippen LogP contribution in [0.2, 0.25) is 0 Å². The van der Waals surface area contributed by atoms with Gasteiger partial charge in [-0.2, -0.15) is 0 Å². The second-order valence-electron chi connectivity index (χ2n) is 4.80. The molecule has 2 heterocycles. The molecule has 1 fully saturated rings. The topological polar surface area (TPSA) is 64.3 Å². The minimum atomic E-state index is 0.375. The molecule has 1 unspecified atom stereocenters.